The summed E-state index contributed by atoms with van der Waals surface area (Å²) in [5.41, 5.74) is 2.28. The van der Waals surface area contributed by atoms with Gasteiger partial charge in [-0.15, -0.1) is 0 Å². The Labute approximate surface area is 141 Å². The van der Waals surface area contributed by atoms with Crippen LogP contribution >= 0.6 is 23.8 Å². The fraction of sp³-hybridized carbons (Fsp3) is 0.375. The third kappa shape index (κ3) is 3.25. The van der Waals surface area contributed by atoms with E-state index in [0.29, 0.717) is 28.8 Å². The molecule has 4 nitrogen and oxygen atoms in total. The van der Waals surface area contributed by atoms with Crippen LogP contribution in [0.1, 0.15) is 32.4 Å². The summed E-state index contributed by atoms with van der Waals surface area (Å²) in [6.07, 6.45) is 0. The smallest absolute Gasteiger partial charge is 0.253 e. The maximum atomic E-state index is 12.9. The monoisotopic (exact) mass is 337 g/mol. The lowest BCUT2D eigenvalue weighted by Crippen LogP contribution is -2.47. The van der Waals surface area contributed by atoms with Crippen LogP contribution in [0.25, 0.3) is 0 Å². The van der Waals surface area contributed by atoms with Crippen molar-refractivity contribution in [1.82, 2.24) is 15.5 Å². The molecule has 1 unspecified atom stereocenters. The molecule has 1 aromatic rings. The first-order valence-corrected chi connectivity index (χ1v) is 8.10. The average molecular weight is 338 g/mol. The maximum absolute atomic E-state index is 12.9. The molecule has 1 aromatic carbocycles. The molecular formula is C16H20ClN3OS. The normalized spacial score (nSPS) is 17.8. The van der Waals surface area contributed by atoms with Crippen molar-refractivity contribution >= 4 is 34.8 Å². The number of amides is 1. The van der Waals surface area contributed by atoms with Crippen LogP contribution in [0, 0.1) is 0 Å². The van der Waals surface area contributed by atoms with Crippen LogP contribution in [0.3, 0.4) is 0 Å². The van der Waals surface area contributed by atoms with E-state index in [9.17, 15) is 4.79 Å². The molecule has 22 heavy (non-hydrogen) atoms. The van der Waals surface area contributed by atoms with E-state index in [4.69, 9.17) is 23.8 Å². The van der Waals surface area contributed by atoms with Gasteiger partial charge in [0.1, 0.15) is 0 Å². The number of rotatable bonds is 4. The van der Waals surface area contributed by atoms with Crippen LogP contribution in [-0.4, -0.2) is 29.0 Å². The minimum absolute atomic E-state index is 0.00470. The lowest BCUT2D eigenvalue weighted by Gasteiger charge is -2.33. The fourth-order valence-electron chi connectivity index (χ4n) is 2.60. The van der Waals surface area contributed by atoms with E-state index in [0.717, 1.165) is 11.3 Å². The highest BCUT2D eigenvalue weighted by atomic mass is 35.5. The number of benzene rings is 1. The summed E-state index contributed by atoms with van der Waals surface area (Å²) >= 11 is 11.6. The van der Waals surface area contributed by atoms with Crippen molar-refractivity contribution < 1.29 is 4.79 Å². The molecule has 0 spiro atoms. The molecule has 0 fully saturated rings. The zero-order valence-electron chi connectivity index (χ0n) is 12.9. The molecular weight excluding hydrogens is 318 g/mol. The zero-order valence-corrected chi connectivity index (χ0v) is 14.5. The van der Waals surface area contributed by atoms with Gasteiger partial charge in [0.15, 0.2) is 5.11 Å². The number of nitrogens with one attached hydrogen (secondary N) is 2. The molecule has 2 N–H and O–H groups in total. The van der Waals surface area contributed by atoms with Crippen molar-refractivity contribution in [3.63, 3.8) is 0 Å². The molecule has 0 saturated carbocycles. The molecule has 2 rings (SSSR count). The number of nitrogens with zero attached hydrogens (tertiary/aromatic N) is 1. The Bertz CT molecular complexity index is 626. The fourth-order valence-corrected chi connectivity index (χ4v) is 3.12. The molecule has 0 bridgehead atoms. The Morgan fingerprint density at radius 2 is 1.95 bits per heavy atom. The second kappa shape index (κ2) is 7.11. The van der Waals surface area contributed by atoms with Crippen LogP contribution in [0.2, 0.25) is 5.02 Å². The summed E-state index contributed by atoms with van der Waals surface area (Å²) in [7, 11) is 0. The molecule has 0 saturated heterocycles. The molecule has 1 heterocycles. The predicted octanol–water partition coefficient (Wildman–Crippen LogP) is 3.00. The highest BCUT2D eigenvalue weighted by molar-refractivity contribution is 7.80. The Balaban J connectivity index is 2.50. The van der Waals surface area contributed by atoms with Crippen molar-refractivity contribution in [3.8, 4) is 0 Å². The number of carbonyl (C=O) groups excluding carboxylic acids is 1. The molecule has 0 aliphatic carbocycles. The van der Waals surface area contributed by atoms with Crippen LogP contribution < -0.4 is 10.6 Å². The minimum atomic E-state index is -0.337. The van der Waals surface area contributed by atoms with Crippen molar-refractivity contribution in [2.24, 2.45) is 0 Å². The highest BCUT2D eigenvalue weighted by Crippen LogP contribution is 2.32. The van der Waals surface area contributed by atoms with E-state index in [2.05, 4.69) is 10.6 Å². The van der Waals surface area contributed by atoms with Gasteiger partial charge in [0.25, 0.3) is 5.91 Å². The molecule has 1 atom stereocenters. The van der Waals surface area contributed by atoms with Crippen molar-refractivity contribution in [2.75, 3.05) is 13.1 Å². The second-order valence-corrected chi connectivity index (χ2v) is 5.88. The largest absolute Gasteiger partial charge is 0.351 e. The lowest BCUT2D eigenvalue weighted by atomic mass is 9.94. The number of thiocarbonyl (C=S) groups is 1. The molecule has 1 aliphatic rings. The van der Waals surface area contributed by atoms with Crippen LogP contribution in [0.4, 0.5) is 0 Å². The summed E-state index contributed by atoms with van der Waals surface area (Å²) < 4.78 is 0. The number of carbonyl (C=O) groups is 1. The van der Waals surface area contributed by atoms with E-state index in [1.54, 1.807) is 4.90 Å². The summed E-state index contributed by atoms with van der Waals surface area (Å²) in [5.74, 6) is -0.00470. The van der Waals surface area contributed by atoms with E-state index < -0.39 is 0 Å². The number of halogens is 1. The Morgan fingerprint density at radius 3 is 2.55 bits per heavy atom. The topological polar surface area (TPSA) is 44.4 Å². The second-order valence-electron chi connectivity index (χ2n) is 5.07. The first kappa shape index (κ1) is 16.8. The third-order valence-electron chi connectivity index (χ3n) is 3.77. The van der Waals surface area contributed by atoms with Gasteiger partial charge in [-0.05, 0) is 44.6 Å². The predicted molar refractivity (Wildman–Crippen MR) is 93.7 cm³/mol. The van der Waals surface area contributed by atoms with Crippen molar-refractivity contribution in [2.45, 2.75) is 26.8 Å². The first-order valence-electron chi connectivity index (χ1n) is 7.31. The molecule has 0 aromatic heterocycles. The first-order chi connectivity index (χ1) is 10.5. The Morgan fingerprint density at radius 1 is 1.32 bits per heavy atom. The van der Waals surface area contributed by atoms with Crippen molar-refractivity contribution in [3.05, 3.63) is 46.1 Å². The molecule has 1 aliphatic heterocycles. The lowest BCUT2D eigenvalue weighted by molar-refractivity contribution is -0.127. The minimum Gasteiger partial charge on any atom is -0.351 e. The van der Waals surface area contributed by atoms with Crippen LogP contribution in [0.15, 0.2) is 35.5 Å². The van der Waals surface area contributed by atoms with Crippen LogP contribution in [-0.2, 0) is 4.79 Å². The van der Waals surface area contributed by atoms with Gasteiger partial charge in [0, 0.05) is 23.8 Å². The molecule has 0 radical (unpaired) electrons. The van der Waals surface area contributed by atoms with Crippen molar-refractivity contribution in [1.29, 1.82) is 0 Å². The highest BCUT2D eigenvalue weighted by Gasteiger charge is 2.32. The van der Waals surface area contributed by atoms with Gasteiger partial charge in [-0.25, -0.2) is 0 Å². The number of hydrogen-bond acceptors (Lipinski definition) is 2. The summed E-state index contributed by atoms with van der Waals surface area (Å²) in [6, 6.07) is 7.17. The molecule has 118 valence electrons. The summed E-state index contributed by atoms with van der Waals surface area (Å²) in [6.45, 7) is 7.12. The molecule has 6 heteroatoms. The average Bonchev–Trinajstić information content (AvgIpc) is 2.48. The Hall–Kier alpha value is -1.59. The van der Waals surface area contributed by atoms with Gasteiger partial charge in [0.05, 0.1) is 11.6 Å². The van der Waals surface area contributed by atoms with E-state index in [1.807, 2.05) is 45.0 Å². The standard InChI is InChI=1S/C16H20ClN3OS/c1-4-20(5-2)15(21)13-10(3)18-16(22)19-14(13)11-8-6-7-9-12(11)17/h6-9,14H,4-5H2,1-3H3,(H2,18,19,22). The zero-order chi connectivity index (χ0) is 16.3. The SMILES string of the molecule is CCN(CC)C(=O)C1=C(C)NC(=S)NC1c1ccccc1Cl. The van der Waals surface area contributed by atoms with Gasteiger partial charge in [-0.1, -0.05) is 29.8 Å². The quantitative estimate of drug-likeness (QED) is 0.829. The summed E-state index contributed by atoms with van der Waals surface area (Å²) in [4.78, 5) is 14.7. The van der Waals surface area contributed by atoms with Gasteiger partial charge in [0.2, 0.25) is 0 Å². The summed E-state index contributed by atoms with van der Waals surface area (Å²) in [5, 5.41) is 7.32. The van der Waals surface area contributed by atoms with E-state index >= 15 is 0 Å². The number of hydrogen-bond donors (Lipinski definition) is 2. The van der Waals surface area contributed by atoms with Gasteiger partial charge < -0.3 is 15.5 Å². The number of likely N-dealkylation sites (N-methyl/N-ethyl adjacent to an activating group) is 1. The van der Waals surface area contributed by atoms with Gasteiger partial charge >= 0.3 is 0 Å². The van der Waals surface area contributed by atoms with E-state index in [-0.39, 0.29) is 11.9 Å². The number of allylic oxidation sites excluding steroid dienone is 1. The van der Waals surface area contributed by atoms with E-state index in [1.165, 1.54) is 0 Å². The van der Waals surface area contributed by atoms with Gasteiger partial charge in [-0.3, -0.25) is 4.79 Å². The maximum Gasteiger partial charge on any atom is 0.253 e. The third-order valence-corrected chi connectivity index (χ3v) is 4.33. The molecule has 1 amide bonds. The van der Waals surface area contributed by atoms with Gasteiger partial charge in [-0.2, -0.15) is 0 Å². The van der Waals surface area contributed by atoms with Crippen LogP contribution in [0.5, 0.6) is 0 Å². The Kier molecular flexibility index (Phi) is 5.42.